The molecule has 0 saturated carbocycles. The Balaban J connectivity index is 2.16. The van der Waals surface area contributed by atoms with E-state index in [9.17, 15) is 29.4 Å². The van der Waals surface area contributed by atoms with Crippen LogP contribution < -0.4 is 5.32 Å². The van der Waals surface area contributed by atoms with E-state index in [1.165, 1.54) is 0 Å². The topological polar surface area (TPSA) is 124 Å². The number of hydrogen-bond acceptors (Lipinski definition) is 5. The van der Waals surface area contributed by atoms with Gasteiger partial charge in [-0.3, -0.25) is 29.4 Å². The zero-order valence-corrected chi connectivity index (χ0v) is 15.6. The van der Waals surface area contributed by atoms with E-state index in [1.807, 2.05) is 19.1 Å². The van der Waals surface area contributed by atoms with Gasteiger partial charge in [0.2, 0.25) is 11.8 Å². The maximum absolute atomic E-state index is 13.1. The van der Waals surface area contributed by atoms with Crippen LogP contribution in [0.5, 0.6) is 0 Å². The van der Waals surface area contributed by atoms with Gasteiger partial charge in [0.1, 0.15) is 5.54 Å². The molecule has 3 N–H and O–H groups in total. The normalized spacial score (nSPS) is 29.5. The Morgan fingerprint density at radius 1 is 1.21 bits per heavy atom. The van der Waals surface area contributed by atoms with Crippen LogP contribution in [0.15, 0.2) is 36.4 Å². The number of aryl methyl sites for hydroxylation is 1. The van der Waals surface area contributed by atoms with E-state index in [0.29, 0.717) is 5.56 Å². The molecule has 1 aromatic carbocycles. The van der Waals surface area contributed by atoms with Gasteiger partial charge in [0.25, 0.3) is 0 Å². The fourth-order valence-electron chi connectivity index (χ4n) is 4.33. The van der Waals surface area contributed by atoms with Gasteiger partial charge in [0.05, 0.1) is 18.3 Å². The molecule has 1 aromatic rings. The number of carboxylic acids is 2. The number of allylic oxidation sites excluding steroid dienone is 1. The van der Waals surface area contributed by atoms with Crippen molar-refractivity contribution in [3.05, 3.63) is 47.5 Å². The third-order valence-electron chi connectivity index (χ3n) is 5.60. The first kappa shape index (κ1) is 19.8. The van der Waals surface area contributed by atoms with E-state index in [4.69, 9.17) is 0 Å². The average molecular weight is 386 g/mol. The van der Waals surface area contributed by atoms with Gasteiger partial charge >= 0.3 is 11.9 Å². The number of aliphatic carboxylic acids is 2. The quantitative estimate of drug-likeness (QED) is 0.494. The molecule has 2 saturated heterocycles. The van der Waals surface area contributed by atoms with Crippen LogP contribution in [-0.4, -0.2) is 50.9 Å². The molecule has 2 heterocycles. The second kappa shape index (κ2) is 7.20. The van der Waals surface area contributed by atoms with Crippen molar-refractivity contribution in [1.82, 2.24) is 10.2 Å². The number of rotatable bonds is 6. The maximum atomic E-state index is 13.1. The minimum absolute atomic E-state index is 0.0322. The lowest BCUT2D eigenvalue weighted by molar-refractivity contribution is -0.155. The minimum atomic E-state index is -2.05. The molecule has 28 heavy (non-hydrogen) atoms. The van der Waals surface area contributed by atoms with Gasteiger partial charge in [0, 0.05) is 12.6 Å². The van der Waals surface area contributed by atoms with Crippen molar-refractivity contribution in [2.24, 2.45) is 11.8 Å². The largest absolute Gasteiger partial charge is 0.481 e. The van der Waals surface area contributed by atoms with Crippen molar-refractivity contribution in [2.45, 2.75) is 31.8 Å². The second-order valence-corrected chi connectivity index (χ2v) is 7.19. The van der Waals surface area contributed by atoms with Gasteiger partial charge in [-0.25, -0.2) is 0 Å². The van der Waals surface area contributed by atoms with Crippen LogP contribution in [0.2, 0.25) is 0 Å². The second-order valence-electron chi connectivity index (χ2n) is 7.19. The lowest BCUT2D eigenvalue weighted by Crippen LogP contribution is -2.57. The standard InChI is InChI=1S/C20H22N2O6/c1-3-4-9-22-17(25)14-15(18(22)26)20(19(27)28,10-13(23)24)21-16(14)12-8-6-5-7-11(12)2/h3-8,14-16,21H,9-10H2,1-2H3,(H,23,24)(H,27,28)/b4-3+. The van der Waals surface area contributed by atoms with E-state index in [1.54, 1.807) is 31.2 Å². The van der Waals surface area contributed by atoms with E-state index in [0.717, 1.165) is 10.5 Å². The van der Waals surface area contributed by atoms with Gasteiger partial charge in [-0.1, -0.05) is 36.4 Å². The van der Waals surface area contributed by atoms with Gasteiger partial charge in [-0.15, -0.1) is 0 Å². The fraction of sp³-hybridized carbons (Fsp3) is 0.400. The predicted octanol–water partition coefficient (Wildman–Crippen LogP) is 1.11. The van der Waals surface area contributed by atoms with Gasteiger partial charge in [-0.05, 0) is 25.0 Å². The number of amides is 2. The summed E-state index contributed by atoms with van der Waals surface area (Å²) in [5, 5.41) is 22.2. The molecule has 4 atom stereocenters. The van der Waals surface area contributed by atoms with Crippen LogP contribution in [0.1, 0.15) is 30.5 Å². The Labute approximate surface area is 161 Å². The van der Waals surface area contributed by atoms with Crippen LogP contribution in [0.3, 0.4) is 0 Å². The first-order valence-electron chi connectivity index (χ1n) is 8.99. The highest BCUT2D eigenvalue weighted by Crippen LogP contribution is 2.50. The molecular weight excluding hydrogens is 364 g/mol. The highest BCUT2D eigenvalue weighted by atomic mass is 16.4. The van der Waals surface area contributed by atoms with Crippen molar-refractivity contribution < 1.29 is 29.4 Å². The summed E-state index contributed by atoms with van der Waals surface area (Å²) in [4.78, 5) is 50.9. The highest BCUT2D eigenvalue weighted by Gasteiger charge is 2.69. The van der Waals surface area contributed by atoms with Crippen molar-refractivity contribution in [2.75, 3.05) is 6.54 Å². The van der Waals surface area contributed by atoms with Crippen molar-refractivity contribution >= 4 is 23.8 Å². The molecule has 8 nitrogen and oxygen atoms in total. The summed E-state index contributed by atoms with van der Waals surface area (Å²) in [5.41, 5.74) is -0.552. The maximum Gasteiger partial charge on any atom is 0.325 e. The summed E-state index contributed by atoms with van der Waals surface area (Å²) in [6.45, 7) is 3.60. The molecule has 0 aliphatic carbocycles. The number of benzene rings is 1. The van der Waals surface area contributed by atoms with Crippen molar-refractivity contribution in [1.29, 1.82) is 0 Å². The van der Waals surface area contributed by atoms with Gasteiger partial charge in [-0.2, -0.15) is 0 Å². The molecule has 3 rings (SSSR count). The third-order valence-corrected chi connectivity index (χ3v) is 5.60. The van der Waals surface area contributed by atoms with Gasteiger partial charge in [0.15, 0.2) is 0 Å². The Hall–Kier alpha value is -3.00. The average Bonchev–Trinajstić information content (AvgIpc) is 3.09. The third kappa shape index (κ3) is 2.90. The smallest absolute Gasteiger partial charge is 0.325 e. The number of carbonyl (C=O) groups excluding carboxylic acids is 2. The fourth-order valence-corrected chi connectivity index (χ4v) is 4.33. The number of likely N-dealkylation sites (tertiary alicyclic amines) is 1. The predicted molar refractivity (Wildman–Crippen MR) is 98.2 cm³/mol. The highest BCUT2D eigenvalue weighted by molar-refractivity contribution is 6.10. The Kier molecular flexibility index (Phi) is 5.08. The van der Waals surface area contributed by atoms with Crippen LogP contribution in [0, 0.1) is 18.8 Å². The molecule has 0 radical (unpaired) electrons. The van der Waals surface area contributed by atoms with Crippen molar-refractivity contribution in [3.63, 3.8) is 0 Å². The summed E-state index contributed by atoms with van der Waals surface area (Å²) < 4.78 is 0. The SMILES string of the molecule is C/C=C/CN1C(=O)C2C(c3ccccc3C)NC(CC(=O)O)(C(=O)O)C2C1=O. The summed E-state index contributed by atoms with van der Waals surface area (Å²) in [5.74, 6) is -6.21. The zero-order chi connectivity index (χ0) is 20.6. The molecule has 2 fully saturated rings. The summed E-state index contributed by atoms with van der Waals surface area (Å²) >= 11 is 0. The zero-order valence-electron chi connectivity index (χ0n) is 15.6. The number of nitrogens with one attached hydrogen (secondary N) is 1. The molecule has 2 aliphatic heterocycles. The molecule has 8 heteroatoms. The molecule has 2 amide bonds. The lowest BCUT2D eigenvalue weighted by atomic mass is 9.77. The summed E-state index contributed by atoms with van der Waals surface area (Å²) in [6.07, 6.45) is 2.52. The Bertz CT molecular complexity index is 879. The van der Waals surface area contributed by atoms with Crippen LogP contribution in [0.25, 0.3) is 0 Å². The number of nitrogens with zero attached hydrogens (tertiary/aromatic N) is 1. The number of fused-ring (bicyclic) bond motifs is 1. The summed E-state index contributed by atoms with van der Waals surface area (Å²) in [6, 6.07) is 6.38. The van der Waals surface area contributed by atoms with E-state index in [-0.39, 0.29) is 6.54 Å². The van der Waals surface area contributed by atoms with E-state index in [2.05, 4.69) is 5.32 Å². The minimum Gasteiger partial charge on any atom is -0.481 e. The molecule has 0 bridgehead atoms. The van der Waals surface area contributed by atoms with Crippen LogP contribution >= 0.6 is 0 Å². The Morgan fingerprint density at radius 2 is 1.89 bits per heavy atom. The number of carboxylic acid groups (broad SMARTS) is 2. The molecule has 148 valence electrons. The molecule has 0 spiro atoms. The van der Waals surface area contributed by atoms with Crippen molar-refractivity contribution in [3.8, 4) is 0 Å². The molecule has 2 aliphatic rings. The van der Waals surface area contributed by atoms with Gasteiger partial charge < -0.3 is 10.2 Å². The number of carbonyl (C=O) groups is 4. The molecule has 0 aromatic heterocycles. The Morgan fingerprint density at radius 3 is 2.46 bits per heavy atom. The number of hydrogen-bond donors (Lipinski definition) is 3. The first-order valence-corrected chi connectivity index (χ1v) is 8.99. The number of imide groups is 1. The van der Waals surface area contributed by atoms with E-state index < -0.39 is 53.6 Å². The lowest BCUT2D eigenvalue weighted by Gasteiger charge is -2.29. The first-order chi connectivity index (χ1) is 13.2. The van der Waals surface area contributed by atoms with Crippen LogP contribution in [-0.2, 0) is 19.2 Å². The molecular formula is C20H22N2O6. The summed E-state index contributed by atoms with van der Waals surface area (Å²) in [7, 11) is 0. The molecule has 4 unspecified atom stereocenters. The van der Waals surface area contributed by atoms with E-state index >= 15 is 0 Å². The monoisotopic (exact) mass is 386 g/mol. The van der Waals surface area contributed by atoms with Crippen LogP contribution in [0.4, 0.5) is 0 Å².